The van der Waals surface area contributed by atoms with Crippen molar-refractivity contribution in [2.75, 3.05) is 13.6 Å². The van der Waals surface area contributed by atoms with Gasteiger partial charge in [-0.05, 0) is 55.8 Å². The number of piperidine rings is 1. The van der Waals surface area contributed by atoms with Crippen molar-refractivity contribution in [3.63, 3.8) is 0 Å². The standard InChI is InChI=1S/C21H26N2O2/c1-23-12-21(20(24)25,14-5-2-3-6-14)10-16-15-7-4-8-17-19(15)13(11-22-17)9-18(16)23/h4,7-8,11,14,16,18,22H,2-3,5-6,9-10,12H2,1H3,(H,24,25)/t16-,18-,21?/m1/s1. The fraction of sp³-hybridized carbons (Fsp3) is 0.571. The minimum absolute atomic E-state index is 0.322. The van der Waals surface area contributed by atoms with Crippen molar-refractivity contribution in [2.24, 2.45) is 11.3 Å². The van der Waals surface area contributed by atoms with Crippen LogP contribution in [0.3, 0.4) is 0 Å². The highest BCUT2D eigenvalue weighted by Crippen LogP contribution is 2.53. The first-order chi connectivity index (χ1) is 12.1. The summed E-state index contributed by atoms with van der Waals surface area (Å²) in [6, 6.07) is 6.91. The van der Waals surface area contributed by atoms with Gasteiger partial charge in [-0.15, -0.1) is 0 Å². The number of hydrogen-bond acceptors (Lipinski definition) is 2. The maximum atomic E-state index is 12.5. The maximum Gasteiger partial charge on any atom is 0.311 e. The first kappa shape index (κ1) is 15.4. The molecule has 2 aromatic rings. The molecule has 4 nitrogen and oxygen atoms in total. The zero-order chi connectivity index (χ0) is 17.2. The van der Waals surface area contributed by atoms with Crippen molar-refractivity contribution in [1.29, 1.82) is 0 Å². The van der Waals surface area contributed by atoms with Crippen LogP contribution in [0.5, 0.6) is 0 Å². The first-order valence-corrected chi connectivity index (χ1v) is 9.63. The van der Waals surface area contributed by atoms with E-state index in [-0.39, 0.29) is 0 Å². The zero-order valence-corrected chi connectivity index (χ0v) is 14.8. The van der Waals surface area contributed by atoms with Gasteiger partial charge in [0, 0.05) is 35.6 Å². The Kier molecular flexibility index (Phi) is 3.30. The molecule has 1 saturated heterocycles. The number of benzene rings is 1. The minimum atomic E-state index is -0.581. The molecule has 2 fully saturated rings. The Hall–Kier alpha value is -1.81. The summed E-state index contributed by atoms with van der Waals surface area (Å²) in [5, 5.41) is 11.6. The van der Waals surface area contributed by atoms with Crippen LogP contribution in [0.25, 0.3) is 10.9 Å². The summed E-state index contributed by atoms with van der Waals surface area (Å²) in [6.45, 7) is 0.698. The monoisotopic (exact) mass is 338 g/mol. The van der Waals surface area contributed by atoms with Crippen LogP contribution < -0.4 is 0 Å². The number of nitrogens with one attached hydrogen (secondary N) is 1. The number of nitrogens with zero attached hydrogens (tertiary/aromatic N) is 1. The van der Waals surface area contributed by atoms with Crippen LogP contribution >= 0.6 is 0 Å². The third-order valence-corrected chi connectivity index (χ3v) is 7.36. The Morgan fingerprint density at radius 3 is 2.88 bits per heavy atom. The van der Waals surface area contributed by atoms with E-state index < -0.39 is 11.4 Å². The Morgan fingerprint density at radius 2 is 2.12 bits per heavy atom. The molecule has 1 aliphatic heterocycles. The van der Waals surface area contributed by atoms with E-state index in [1.807, 2.05) is 0 Å². The molecule has 0 radical (unpaired) electrons. The van der Waals surface area contributed by atoms with Crippen molar-refractivity contribution < 1.29 is 9.90 Å². The van der Waals surface area contributed by atoms with Crippen LogP contribution in [0.1, 0.15) is 49.1 Å². The zero-order valence-electron chi connectivity index (χ0n) is 14.8. The molecule has 0 bridgehead atoms. The van der Waals surface area contributed by atoms with Crippen molar-refractivity contribution >= 4 is 16.9 Å². The number of hydrogen-bond donors (Lipinski definition) is 2. The topological polar surface area (TPSA) is 56.3 Å². The number of aromatic nitrogens is 1. The second-order valence-corrected chi connectivity index (χ2v) is 8.52. The highest BCUT2D eigenvalue weighted by molar-refractivity contribution is 5.88. The van der Waals surface area contributed by atoms with Gasteiger partial charge in [0.2, 0.25) is 0 Å². The quantitative estimate of drug-likeness (QED) is 0.876. The van der Waals surface area contributed by atoms with E-state index in [1.165, 1.54) is 34.9 Å². The molecule has 132 valence electrons. The number of H-pyrrole nitrogens is 1. The molecule has 1 unspecified atom stereocenters. The lowest BCUT2D eigenvalue weighted by Crippen LogP contribution is -2.57. The Balaban J connectivity index is 1.63. The SMILES string of the molecule is CN1CC(C(=O)O)(C2CCCC2)C[C@@H]2c3cccc4[nH]cc(c34)C[C@H]21. The van der Waals surface area contributed by atoms with E-state index in [4.69, 9.17) is 0 Å². The fourth-order valence-corrected chi connectivity index (χ4v) is 6.16. The Labute approximate surface area is 148 Å². The summed E-state index contributed by atoms with van der Waals surface area (Å²) < 4.78 is 0. The molecule has 1 aromatic carbocycles. The molecule has 2 heterocycles. The highest BCUT2D eigenvalue weighted by atomic mass is 16.4. The second-order valence-electron chi connectivity index (χ2n) is 8.52. The molecule has 1 saturated carbocycles. The van der Waals surface area contributed by atoms with Gasteiger partial charge >= 0.3 is 5.97 Å². The van der Waals surface area contributed by atoms with Crippen molar-refractivity contribution in [3.05, 3.63) is 35.5 Å². The number of fused-ring (bicyclic) bond motifs is 2. The van der Waals surface area contributed by atoms with Crippen LogP contribution in [0.2, 0.25) is 0 Å². The van der Waals surface area contributed by atoms with Gasteiger partial charge in [-0.3, -0.25) is 4.79 Å². The van der Waals surface area contributed by atoms with Gasteiger partial charge in [-0.1, -0.05) is 25.0 Å². The summed E-state index contributed by atoms with van der Waals surface area (Å²) in [5.41, 5.74) is 3.37. The summed E-state index contributed by atoms with van der Waals surface area (Å²) in [6.07, 6.45) is 8.51. The van der Waals surface area contributed by atoms with Gasteiger partial charge in [0.05, 0.1) is 5.41 Å². The summed E-state index contributed by atoms with van der Waals surface area (Å²) >= 11 is 0. The summed E-state index contributed by atoms with van der Waals surface area (Å²) in [5.74, 6) is 0.0828. The lowest BCUT2D eigenvalue weighted by atomic mass is 9.61. The number of likely N-dealkylation sites (tertiary alicyclic amines) is 1. The molecule has 0 spiro atoms. The van der Waals surface area contributed by atoms with Crippen molar-refractivity contribution in [2.45, 2.75) is 50.5 Å². The van der Waals surface area contributed by atoms with Crippen molar-refractivity contribution in [3.8, 4) is 0 Å². The number of carbonyl (C=O) groups is 1. The summed E-state index contributed by atoms with van der Waals surface area (Å²) in [4.78, 5) is 18.3. The third-order valence-electron chi connectivity index (χ3n) is 7.36. The molecule has 25 heavy (non-hydrogen) atoms. The molecule has 4 heteroatoms. The van der Waals surface area contributed by atoms with Gasteiger partial charge in [0.15, 0.2) is 0 Å². The summed E-state index contributed by atoms with van der Waals surface area (Å²) in [7, 11) is 2.14. The molecular formula is C21H26N2O2. The maximum absolute atomic E-state index is 12.5. The van der Waals surface area contributed by atoms with Gasteiger partial charge in [0.25, 0.3) is 0 Å². The molecule has 3 atom stereocenters. The van der Waals surface area contributed by atoms with E-state index in [9.17, 15) is 9.90 Å². The van der Waals surface area contributed by atoms with E-state index in [0.717, 1.165) is 25.7 Å². The van der Waals surface area contributed by atoms with Crippen molar-refractivity contribution in [1.82, 2.24) is 9.88 Å². The van der Waals surface area contributed by atoms with Crippen LogP contribution in [0, 0.1) is 11.3 Å². The molecular weight excluding hydrogens is 312 g/mol. The molecule has 2 N–H and O–H groups in total. The third kappa shape index (κ3) is 2.06. The Morgan fingerprint density at radius 1 is 1.32 bits per heavy atom. The van der Waals surface area contributed by atoms with E-state index >= 15 is 0 Å². The van der Waals surface area contributed by atoms with Crippen LogP contribution in [-0.2, 0) is 11.2 Å². The second kappa shape index (κ2) is 5.34. The number of carboxylic acids is 1. The van der Waals surface area contributed by atoms with Crippen LogP contribution in [-0.4, -0.2) is 40.6 Å². The lowest BCUT2D eigenvalue weighted by molar-refractivity contribution is -0.159. The number of aliphatic carboxylic acids is 1. The fourth-order valence-electron chi connectivity index (χ4n) is 6.16. The minimum Gasteiger partial charge on any atom is -0.481 e. The van der Waals surface area contributed by atoms with Crippen LogP contribution in [0.4, 0.5) is 0 Å². The number of rotatable bonds is 2. The normalized spacial score (nSPS) is 32.8. The first-order valence-electron chi connectivity index (χ1n) is 9.63. The number of carboxylic acid groups (broad SMARTS) is 1. The van der Waals surface area contributed by atoms with Gasteiger partial charge in [-0.25, -0.2) is 0 Å². The largest absolute Gasteiger partial charge is 0.481 e. The lowest BCUT2D eigenvalue weighted by Gasteiger charge is -2.51. The van der Waals surface area contributed by atoms with Crippen LogP contribution in [0.15, 0.2) is 24.4 Å². The van der Waals surface area contributed by atoms with Gasteiger partial charge < -0.3 is 15.0 Å². The average molecular weight is 338 g/mol. The predicted molar refractivity (Wildman–Crippen MR) is 97.8 cm³/mol. The molecule has 2 aliphatic carbocycles. The predicted octanol–water partition coefficient (Wildman–Crippen LogP) is 3.77. The molecule has 1 aromatic heterocycles. The highest BCUT2D eigenvalue weighted by Gasteiger charge is 2.54. The number of aromatic amines is 1. The average Bonchev–Trinajstić information content (AvgIpc) is 3.27. The molecule has 3 aliphatic rings. The number of likely N-dealkylation sites (N-methyl/N-ethyl adjacent to an activating group) is 1. The van der Waals surface area contributed by atoms with Gasteiger partial charge in [-0.2, -0.15) is 0 Å². The van der Waals surface area contributed by atoms with Gasteiger partial charge in [0.1, 0.15) is 0 Å². The smallest absolute Gasteiger partial charge is 0.311 e. The Bertz CT molecular complexity index is 836. The molecule has 0 amide bonds. The molecule has 5 rings (SSSR count). The van der Waals surface area contributed by atoms with E-state index in [2.05, 4.69) is 41.3 Å². The van der Waals surface area contributed by atoms with E-state index in [1.54, 1.807) is 0 Å². The van der Waals surface area contributed by atoms with E-state index in [0.29, 0.717) is 24.4 Å².